The van der Waals surface area contributed by atoms with E-state index in [-0.39, 0.29) is 24.3 Å². The summed E-state index contributed by atoms with van der Waals surface area (Å²) in [5, 5.41) is 0. The quantitative estimate of drug-likeness (QED) is 0.307. The van der Waals surface area contributed by atoms with Gasteiger partial charge < -0.3 is 9.26 Å². The van der Waals surface area contributed by atoms with E-state index in [1.165, 1.54) is 6.92 Å². The predicted molar refractivity (Wildman–Crippen MR) is 81.6 cm³/mol. The molecule has 0 radical (unpaired) electrons. The molecule has 0 saturated carbocycles. The van der Waals surface area contributed by atoms with Gasteiger partial charge in [-0.25, -0.2) is 5.48 Å². The van der Waals surface area contributed by atoms with Crippen LogP contribution in [0.1, 0.15) is 34.1 Å². The van der Waals surface area contributed by atoms with Gasteiger partial charge in [0.25, 0.3) is 0 Å². The topological polar surface area (TPSA) is 64.6 Å². The molecule has 3 unspecified atom stereocenters. The Morgan fingerprint density at radius 1 is 1.20 bits per heavy atom. The fraction of sp³-hybridized carbons (Fsp3) is 0.857. The second-order valence-electron chi connectivity index (χ2n) is 6.08. The van der Waals surface area contributed by atoms with Crippen LogP contribution in [-0.4, -0.2) is 32.7 Å². The Morgan fingerprint density at radius 3 is 2.10 bits per heavy atom. The Hall–Kier alpha value is -0.723. The summed E-state index contributed by atoms with van der Waals surface area (Å²) in [5.41, 5.74) is 2.97. The van der Waals surface area contributed by atoms with Crippen molar-refractivity contribution in [1.82, 2.24) is 5.48 Å². The summed E-state index contributed by atoms with van der Waals surface area (Å²) >= 11 is 0. The van der Waals surface area contributed by atoms with Crippen molar-refractivity contribution in [3.05, 3.63) is 0 Å². The van der Waals surface area contributed by atoms with E-state index in [4.69, 9.17) is 9.26 Å². The molecule has 0 saturated heterocycles. The second-order valence-corrected chi connectivity index (χ2v) is 10.5. The van der Waals surface area contributed by atoms with Crippen LogP contribution in [0.5, 0.6) is 0 Å². The first kappa shape index (κ1) is 19.3. The third-order valence-corrected chi connectivity index (χ3v) is 3.83. The number of carbonyl (C=O) groups is 2. The van der Waals surface area contributed by atoms with Crippen molar-refractivity contribution < 1.29 is 18.9 Å². The first-order valence-corrected chi connectivity index (χ1v) is 10.7. The van der Waals surface area contributed by atoms with Crippen molar-refractivity contribution in [2.45, 2.75) is 59.8 Å². The molecule has 20 heavy (non-hydrogen) atoms. The zero-order chi connectivity index (χ0) is 15.9. The van der Waals surface area contributed by atoms with Gasteiger partial charge in [-0.3, -0.25) is 9.59 Å². The second kappa shape index (κ2) is 8.54. The summed E-state index contributed by atoms with van der Waals surface area (Å²) in [5.74, 6) is -1.36. The van der Waals surface area contributed by atoms with Crippen LogP contribution < -0.4 is 5.48 Å². The fourth-order valence-electron chi connectivity index (χ4n) is 1.81. The van der Waals surface area contributed by atoms with E-state index in [9.17, 15) is 9.59 Å². The third kappa shape index (κ3) is 6.63. The number of rotatable bonds is 9. The SMILES string of the molecule is CCOC(=O)C(C(C)=O)C(NO[Si](C)(C)C)C(C)CC. The smallest absolute Gasteiger partial charge is 0.318 e. The normalized spacial score (nSPS) is 16.4. The summed E-state index contributed by atoms with van der Waals surface area (Å²) in [4.78, 5) is 23.9. The highest BCUT2D eigenvalue weighted by Crippen LogP contribution is 2.20. The minimum atomic E-state index is -1.79. The highest BCUT2D eigenvalue weighted by Gasteiger charge is 2.37. The number of ketones is 1. The van der Waals surface area contributed by atoms with Gasteiger partial charge in [-0.2, -0.15) is 0 Å². The molecule has 1 N–H and O–H groups in total. The summed E-state index contributed by atoms with van der Waals surface area (Å²) in [6.07, 6.45) is 0.843. The molecule has 0 aromatic heterocycles. The number of esters is 1. The molecule has 0 bridgehead atoms. The van der Waals surface area contributed by atoms with Gasteiger partial charge in [0.2, 0.25) is 8.32 Å². The Balaban J connectivity index is 5.12. The minimum absolute atomic E-state index is 0.129. The first-order valence-electron chi connectivity index (χ1n) is 7.24. The zero-order valence-electron chi connectivity index (χ0n) is 13.8. The molecule has 0 rings (SSSR count). The number of hydroxylamine groups is 1. The highest BCUT2D eigenvalue weighted by atomic mass is 28.4. The lowest BCUT2D eigenvalue weighted by Crippen LogP contribution is -2.51. The summed E-state index contributed by atoms with van der Waals surface area (Å²) < 4.78 is 10.7. The van der Waals surface area contributed by atoms with Gasteiger partial charge in [0, 0.05) is 0 Å². The van der Waals surface area contributed by atoms with Crippen LogP contribution in [0.4, 0.5) is 0 Å². The molecule has 0 aliphatic heterocycles. The third-order valence-electron chi connectivity index (χ3n) is 3.10. The molecular formula is C14H29NO4Si. The van der Waals surface area contributed by atoms with Gasteiger partial charge in [0.05, 0.1) is 12.6 Å². The molecule has 0 aromatic carbocycles. The van der Waals surface area contributed by atoms with Gasteiger partial charge in [-0.15, -0.1) is 0 Å². The van der Waals surface area contributed by atoms with Crippen LogP contribution in [0.15, 0.2) is 0 Å². The van der Waals surface area contributed by atoms with Crippen molar-refractivity contribution in [3.63, 3.8) is 0 Å². The Kier molecular flexibility index (Phi) is 8.23. The maximum atomic E-state index is 12.0. The standard InChI is InChI=1S/C14H29NO4Si/c1-8-10(3)13(15-19-20(5,6)7)12(11(4)16)14(17)18-9-2/h10,12-13,15H,8-9H2,1-7H3. The summed E-state index contributed by atoms with van der Waals surface area (Å²) in [6, 6.07) is -0.358. The van der Waals surface area contributed by atoms with Crippen LogP contribution in [0.2, 0.25) is 19.6 Å². The summed E-state index contributed by atoms with van der Waals surface area (Å²) in [6.45, 7) is 13.6. The Labute approximate surface area is 123 Å². The Bertz CT molecular complexity index is 328. The molecule has 0 spiro atoms. The van der Waals surface area contributed by atoms with Crippen molar-refractivity contribution in [2.75, 3.05) is 6.61 Å². The number of carbonyl (C=O) groups excluding carboxylic acids is 2. The molecule has 118 valence electrons. The van der Waals surface area contributed by atoms with Crippen LogP contribution in [-0.2, 0) is 18.9 Å². The maximum Gasteiger partial charge on any atom is 0.318 e. The van der Waals surface area contributed by atoms with Crippen molar-refractivity contribution in [2.24, 2.45) is 11.8 Å². The van der Waals surface area contributed by atoms with Gasteiger partial charge in [-0.05, 0) is 39.4 Å². The average molecular weight is 303 g/mol. The van der Waals surface area contributed by atoms with E-state index >= 15 is 0 Å². The monoisotopic (exact) mass is 303 g/mol. The minimum Gasteiger partial charge on any atom is -0.465 e. The van der Waals surface area contributed by atoms with Gasteiger partial charge in [0.1, 0.15) is 11.7 Å². The largest absolute Gasteiger partial charge is 0.465 e. The molecule has 0 aliphatic carbocycles. The van der Waals surface area contributed by atoms with E-state index in [1.807, 2.05) is 33.5 Å². The van der Waals surface area contributed by atoms with Crippen molar-refractivity contribution in [3.8, 4) is 0 Å². The molecule has 0 heterocycles. The van der Waals surface area contributed by atoms with Crippen LogP contribution in [0, 0.1) is 11.8 Å². The van der Waals surface area contributed by atoms with Gasteiger partial charge in [0.15, 0.2) is 0 Å². The molecule has 0 amide bonds. The molecule has 5 nitrogen and oxygen atoms in total. The average Bonchev–Trinajstić information content (AvgIpc) is 2.31. The first-order chi connectivity index (χ1) is 9.14. The lowest BCUT2D eigenvalue weighted by atomic mass is 9.86. The molecule has 6 heteroatoms. The van der Waals surface area contributed by atoms with Crippen molar-refractivity contribution in [1.29, 1.82) is 0 Å². The van der Waals surface area contributed by atoms with E-state index in [0.717, 1.165) is 6.42 Å². The number of ether oxygens (including phenoxy) is 1. The molecule has 3 atom stereocenters. The van der Waals surface area contributed by atoms with E-state index < -0.39 is 20.2 Å². The van der Waals surface area contributed by atoms with Crippen LogP contribution in [0.25, 0.3) is 0 Å². The molecule has 0 aromatic rings. The summed E-state index contributed by atoms with van der Waals surface area (Å²) in [7, 11) is -1.79. The van der Waals surface area contributed by atoms with Crippen molar-refractivity contribution >= 4 is 20.1 Å². The van der Waals surface area contributed by atoms with E-state index in [0.29, 0.717) is 0 Å². The van der Waals surface area contributed by atoms with Gasteiger partial charge in [-0.1, -0.05) is 20.3 Å². The van der Waals surface area contributed by atoms with Crippen LogP contribution in [0.3, 0.4) is 0 Å². The van der Waals surface area contributed by atoms with E-state index in [2.05, 4.69) is 5.48 Å². The Morgan fingerprint density at radius 2 is 1.75 bits per heavy atom. The maximum absolute atomic E-state index is 12.0. The number of nitrogens with one attached hydrogen (secondary N) is 1. The van der Waals surface area contributed by atoms with Gasteiger partial charge >= 0.3 is 5.97 Å². The number of hydrogen-bond acceptors (Lipinski definition) is 5. The predicted octanol–water partition coefficient (Wildman–Crippen LogP) is 2.53. The van der Waals surface area contributed by atoms with Crippen LogP contribution >= 0.6 is 0 Å². The van der Waals surface area contributed by atoms with E-state index in [1.54, 1.807) is 6.92 Å². The molecule has 0 aliphatic rings. The fourth-order valence-corrected chi connectivity index (χ4v) is 2.30. The molecular weight excluding hydrogens is 274 g/mol. The lowest BCUT2D eigenvalue weighted by Gasteiger charge is -2.31. The zero-order valence-corrected chi connectivity index (χ0v) is 14.8. The lowest BCUT2D eigenvalue weighted by molar-refractivity contribution is -0.154. The number of Topliss-reactive ketones (excluding diaryl/α,β-unsaturated/α-hetero) is 1. The molecule has 0 fully saturated rings. The number of hydrogen-bond donors (Lipinski definition) is 1. The highest BCUT2D eigenvalue weighted by molar-refractivity contribution is 6.69.